The smallest absolute Gasteiger partial charge is 0.300 e. The van der Waals surface area contributed by atoms with Crippen molar-refractivity contribution in [1.82, 2.24) is 20.2 Å². The van der Waals surface area contributed by atoms with Gasteiger partial charge in [0.25, 0.3) is 11.7 Å². The molecule has 0 aliphatic carbocycles. The molecule has 1 aliphatic rings. The lowest BCUT2D eigenvalue weighted by molar-refractivity contribution is 0.0971. The number of carbonyl (C=O) groups excluding carboxylic acids is 1. The van der Waals surface area contributed by atoms with Gasteiger partial charge in [-0.25, -0.2) is 0 Å². The van der Waals surface area contributed by atoms with Crippen LogP contribution in [0.25, 0.3) is 5.69 Å². The summed E-state index contributed by atoms with van der Waals surface area (Å²) in [6.07, 6.45) is 0.827. The first-order valence-corrected chi connectivity index (χ1v) is 7.99. The van der Waals surface area contributed by atoms with Crippen LogP contribution < -0.4 is 4.90 Å². The van der Waals surface area contributed by atoms with Gasteiger partial charge in [-0.2, -0.15) is 0 Å². The van der Waals surface area contributed by atoms with E-state index in [0.717, 1.165) is 17.7 Å². The normalized spacial score (nSPS) is 16.2. The van der Waals surface area contributed by atoms with Crippen LogP contribution in [0.1, 0.15) is 23.1 Å². The number of para-hydroxylation sites is 1. The van der Waals surface area contributed by atoms with Gasteiger partial charge in [-0.05, 0) is 54.5 Å². The maximum absolute atomic E-state index is 12.8. The van der Waals surface area contributed by atoms with Gasteiger partial charge in [0, 0.05) is 16.8 Å². The largest absolute Gasteiger partial charge is 0.302 e. The molecule has 0 saturated heterocycles. The van der Waals surface area contributed by atoms with Crippen LogP contribution in [-0.2, 0) is 6.42 Å². The minimum absolute atomic E-state index is 0.0670. The number of amides is 1. The molecule has 0 fully saturated rings. The SMILES string of the molecule is CC1Cc2ccccc2N1C(=O)c1nnn(-c2ccc(Cl)cc2)n1. The molecule has 3 aromatic rings. The molecule has 120 valence electrons. The Labute approximate surface area is 143 Å². The topological polar surface area (TPSA) is 63.9 Å². The number of aromatic nitrogens is 4. The minimum atomic E-state index is -0.243. The standard InChI is InChI=1S/C17H14ClN5O/c1-11-10-12-4-2-3-5-15(12)22(11)17(24)16-19-21-23(20-16)14-8-6-13(18)7-9-14/h2-9,11H,10H2,1H3. The van der Waals surface area contributed by atoms with Gasteiger partial charge in [-0.3, -0.25) is 4.79 Å². The third-order valence-electron chi connectivity index (χ3n) is 4.09. The van der Waals surface area contributed by atoms with Crippen LogP contribution >= 0.6 is 11.6 Å². The van der Waals surface area contributed by atoms with Crippen molar-refractivity contribution in [2.75, 3.05) is 4.90 Å². The number of hydrogen-bond acceptors (Lipinski definition) is 4. The van der Waals surface area contributed by atoms with Crippen molar-refractivity contribution in [2.45, 2.75) is 19.4 Å². The molecular formula is C17H14ClN5O. The molecule has 0 N–H and O–H groups in total. The summed E-state index contributed by atoms with van der Waals surface area (Å²) in [5, 5.41) is 12.7. The molecule has 1 unspecified atom stereocenters. The first kappa shape index (κ1) is 14.8. The summed E-state index contributed by atoms with van der Waals surface area (Å²) >= 11 is 5.88. The summed E-state index contributed by atoms with van der Waals surface area (Å²) in [5.41, 5.74) is 2.77. The van der Waals surface area contributed by atoms with Gasteiger partial charge in [0.15, 0.2) is 0 Å². The van der Waals surface area contributed by atoms with Gasteiger partial charge < -0.3 is 4.90 Å². The zero-order valence-corrected chi connectivity index (χ0v) is 13.7. The van der Waals surface area contributed by atoms with Crippen LogP contribution in [0.4, 0.5) is 5.69 Å². The summed E-state index contributed by atoms with van der Waals surface area (Å²) in [6.45, 7) is 2.02. The molecule has 7 heteroatoms. The Morgan fingerprint density at radius 1 is 1.17 bits per heavy atom. The highest BCUT2D eigenvalue weighted by Crippen LogP contribution is 2.32. The first-order valence-electron chi connectivity index (χ1n) is 7.61. The van der Waals surface area contributed by atoms with E-state index in [-0.39, 0.29) is 17.8 Å². The molecule has 2 aromatic carbocycles. The lowest BCUT2D eigenvalue weighted by Gasteiger charge is -2.20. The minimum Gasteiger partial charge on any atom is -0.302 e. The van der Waals surface area contributed by atoms with E-state index in [9.17, 15) is 4.79 Å². The number of rotatable bonds is 2. The molecule has 1 aliphatic heterocycles. The van der Waals surface area contributed by atoms with Gasteiger partial charge in [-0.15, -0.1) is 15.0 Å². The van der Waals surface area contributed by atoms with Crippen LogP contribution in [0, 0.1) is 0 Å². The van der Waals surface area contributed by atoms with Crippen molar-refractivity contribution < 1.29 is 4.79 Å². The van der Waals surface area contributed by atoms with Gasteiger partial charge >= 0.3 is 0 Å². The lowest BCUT2D eigenvalue weighted by Crippen LogP contribution is -2.36. The number of fused-ring (bicyclic) bond motifs is 1. The van der Waals surface area contributed by atoms with Crippen molar-refractivity contribution in [1.29, 1.82) is 0 Å². The van der Waals surface area contributed by atoms with Crippen LogP contribution in [0.3, 0.4) is 0 Å². The molecule has 0 bridgehead atoms. The molecular weight excluding hydrogens is 326 g/mol. The highest BCUT2D eigenvalue weighted by Gasteiger charge is 2.33. The first-order chi connectivity index (χ1) is 11.6. The summed E-state index contributed by atoms with van der Waals surface area (Å²) in [4.78, 5) is 15.9. The van der Waals surface area contributed by atoms with Crippen molar-refractivity contribution in [3.05, 3.63) is 64.9 Å². The second-order valence-electron chi connectivity index (χ2n) is 5.74. The number of carbonyl (C=O) groups is 1. The van der Waals surface area contributed by atoms with Gasteiger partial charge in [0.05, 0.1) is 5.69 Å². The van der Waals surface area contributed by atoms with Gasteiger partial charge in [0.1, 0.15) is 0 Å². The average molecular weight is 340 g/mol. The molecule has 4 rings (SSSR count). The predicted octanol–water partition coefficient (Wildman–Crippen LogP) is 2.91. The molecule has 0 saturated carbocycles. The molecule has 2 heterocycles. The Balaban J connectivity index is 1.65. The van der Waals surface area contributed by atoms with Crippen molar-refractivity contribution in [3.8, 4) is 5.69 Å². The zero-order chi connectivity index (χ0) is 16.7. The summed E-state index contributed by atoms with van der Waals surface area (Å²) in [5.74, 6) is -0.166. The summed E-state index contributed by atoms with van der Waals surface area (Å²) in [6, 6.07) is 15.0. The van der Waals surface area contributed by atoms with E-state index in [0.29, 0.717) is 10.7 Å². The Kier molecular flexibility index (Phi) is 3.54. The molecule has 0 spiro atoms. The van der Waals surface area contributed by atoms with Crippen LogP contribution in [0.15, 0.2) is 48.5 Å². The van der Waals surface area contributed by atoms with E-state index >= 15 is 0 Å². The van der Waals surface area contributed by atoms with Gasteiger partial charge in [0.2, 0.25) is 0 Å². The molecule has 6 nitrogen and oxygen atoms in total. The predicted molar refractivity (Wildman–Crippen MR) is 90.6 cm³/mol. The molecule has 1 amide bonds. The van der Waals surface area contributed by atoms with Crippen molar-refractivity contribution in [3.63, 3.8) is 0 Å². The zero-order valence-electron chi connectivity index (χ0n) is 12.9. The molecule has 0 radical (unpaired) electrons. The van der Waals surface area contributed by atoms with Crippen molar-refractivity contribution >= 4 is 23.2 Å². The van der Waals surface area contributed by atoms with Crippen LogP contribution in [0.2, 0.25) is 5.02 Å². The van der Waals surface area contributed by atoms with E-state index < -0.39 is 0 Å². The monoisotopic (exact) mass is 339 g/mol. The second-order valence-corrected chi connectivity index (χ2v) is 6.17. The fourth-order valence-electron chi connectivity index (χ4n) is 2.97. The van der Waals surface area contributed by atoms with E-state index in [1.54, 1.807) is 29.2 Å². The number of benzene rings is 2. The maximum Gasteiger partial charge on any atom is 0.300 e. The van der Waals surface area contributed by atoms with E-state index in [1.807, 2.05) is 31.2 Å². The van der Waals surface area contributed by atoms with Gasteiger partial charge in [-0.1, -0.05) is 29.8 Å². The Hall–Kier alpha value is -2.73. The Morgan fingerprint density at radius 2 is 1.92 bits per heavy atom. The fourth-order valence-corrected chi connectivity index (χ4v) is 3.09. The van der Waals surface area contributed by atoms with Crippen LogP contribution in [-0.4, -0.2) is 32.2 Å². The number of halogens is 1. The Bertz CT molecular complexity index is 905. The number of hydrogen-bond donors (Lipinski definition) is 0. The quantitative estimate of drug-likeness (QED) is 0.720. The Morgan fingerprint density at radius 3 is 2.71 bits per heavy atom. The number of nitrogens with zero attached hydrogens (tertiary/aromatic N) is 5. The van der Waals surface area contributed by atoms with Crippen molar-refractivity contribution in [2.24, 2.45) is 0 Å². The molecule has 1 atom stereocenters. The number of tetrazole rings is 1. The maximum atomic E-state index is 12.8. The summed E-state index contributed by atoms with van der Waals surface area (Å²) in [7, 11) is 0. The fraction of sp³-hybridized carbons (Fsp3) is 0.176. The highest BCUT2D eigenvalue weighted by molar-refractivity contribution is 6.30. The third kappa shape index (κ3) is 2.45. The number of anilines is 1. The molecule has 1 aromatic heterocycles. The van der Waals surface area contributed by atoms with E-state index in [4.69, 9.17) is 11.6 Å². The van der Waals surface area contributed by atoms with Crippen LogP contribution in [0.5, 0.6) is 0 Å². The third-order valence-corrected chi connectivity index (χ3v) is 4.34. The average Bonchev–Trinajstić information content (AvgIpc) is 3.19. The van der Waals surface area contributed by atoms with E-state index in [2.05, 4.69) is 15.4 Å². The summed E-state index contributed by atoms with van der Waals surface area (Å²) < 4.78 is 0. The molecule has 24 heavy (non-hydrogen) atoms. The van der Waals surface area contributed by atoms with E-state index in [1.165, 1.54) is 4.80 Å². The second kappa shape index (κ2) is 5.72. The lowest BCUT2D eigenvalue weighted by atomic mass is 10.1. The highest BCUT2D eigenvalue weighted by atomic mass is 35.5.